The summed E-state index contributed by atoms with van der Waals surface area (Å²) in [5, 5.41) is 70.5. The summed E-state index contributed by atoms with van der Waals surface area (Å²) >= 11 is 0. The van der Waals surface area contributed by atoms with Crippen LogP contribution < -0.4 is 10.6 Å². The van der Waals surface area contributed by atoms with Crippen LogP contribution in [-0.2, 0) is 0 Å². The van der Waals surface area contributed by atoms with E-state index >= 15 is 0 Å². The lowest BCUT2D eigenvalue weighted by molar-refractivity contribution is 0.0380. The minimum Gasteiger partial charge on any atom is -0.394 e. The van der Waals surface area contributed by atoms with Crippen molar-refractivity contribution in [2.45, 2.75) is 49.9 Å². The SMILES string of the molecule is CC(C)(CNC(CO)(CO)CO)N=NC(C)(C)CNC(CO)(CO)CO. The number of nitrogens with one attached hydrogen (secondary N) is 2. The predicted molar refractivity (Wildman–Crippen MR) is 97.0 cm³/mol. The zero-order chi connectivity index (χ0) is 20.5. The minimum atomic E-state index is -1.19. The lowest BCUT2D eigenvalue weighted by atomic mass is 9.99. The number of rotatable bonds is 14. The van der Waals surface area contributed by atoms with E-state index in [4.69, 9.17) is 0 Å². The Bertz CT molecular complexity index is 368. The molecule has 0 atom stereocenters. The normalized spacial score (nSPS) is 14.4. The van der Waals surface area contributed by atoms with Crippen molar-refractivity contribution in [1.82, 2.24) is 10.6 Å². The first kappa shape index (κ1) is 25.3. The Kier molecular flexibility index (Phi) is 10.3. The summed E-state index contributed by atoms with van der Waals surface area (Å²) in [7, 11) is 0. The topological polar surface area (TPSA) is 170 Å². The standard InChI is InChI=1S/C16H36N4O6/c1-13(2,5-17-15(7-21,8-22)9-23)19-20-14(3,4)6-18-16(10-24,11-25)12-26/h17-18,21-26H,5-12H2,1-4H3. The van der Waals surface area contributed by atoms with Gasteiger partial charge in [-0.25, -0.2) is 0 Å². The van der Waals surface area contributed by atoms with Crippen molar-refractivity contribution in [1.29, 1.82) is 0 Å². The summed E-state index contributed by atoms with van der Waals surface area (Å²) in [6.45, 7) is 5.22. The summed E-state index contributed by atoms with van der Waals surface area (Å²) in [5.74, 6) is 0. The average molecular weight is 380 g/mol. The molecule has 0 saturated heterocycles. The van der Waals surface area contributed by atoms with Gasteiger partial charge < -0.3 is 41.3 Å². The first-order valence-electron chi connectivity index (χ1n) is 8.58. The Morgan fingerprint density at radius 1 is 0.538 bits per heavy atom. The Hall–Kier alpha value is -0.720. The number of aliphatic hydroxyl groups excluding tert-OH is 6. The van der Waals surface area contributed by atoms with Gasteiger partial charge in [-0.2, -0.15) is 10.2 Å². The van der Waals surface area contributed by atoms with Crippen molar-refractivity contribution in [3.63, 3.8) is 0 Å². The zero-order valence-electron chi connectivity index (χ0n) is 16.2. The van der Waals surface area contributed by atoms with E-state index in [1.807, 2.05) is 27.7 Å². The molecule has 0 radical (unpaired) electrons. The van der Waals surface area contributed by atoms with Crippen LogP contribution in [0, 0.1) is 0 Å². The molecule has 0 aliphatic carbocycles. The molecule has 0 aromatic rings. The highest BCUT2D eigenvalue weighted by atomic mass is 16.3. The molecule has 0 aromatic heterocycles. The number of hydrogen-bond acceptors (Lipinski definition) is 10. The molecule has 0 amide bonds. The third-order valence-corrected chi connectivity index (χ3v) is 4.20. The lowest BCUT2D eigenvalue weighted by Gasteiger charge is -2.33. The predicted octanol–water partition coefficient (Wildman–Crippen LogP) is -2.39. The summed E-state index contributed by atoms with van der Waals surface area (Å²) in [6.07, 6.45) is 0. The van der Waals surface area contributed by atoms with Crippen LogP contribution in [0.25, 0.3) is 0 Å². The maximum Gasteiger partial charge on any atom is 0.0884 e. The van der Waals surface area contributed by atoms with Crippen LogP contribution >= 0.6 is 0 Å². The van der Waals surface area contributed by atoms with Crippen molar-refractivity contribution >= 4 is 0 Å². The molecule has 0 spiro atoms. The molecule has 0 aliphatic heterocycles. The van der Waals surface area contributed by atoms with Gasteiger partial charge in [0.25, 0.3) is 0 Å². The van der Waals surface area contributed by atoms with Gasteiger partial charge in [0, 0.05) is 13.1 Å². The lowest BCUT2D eigenvalue weighted by Crippen LogP contribution is -2.58. The summed E-state index contributed by atoms with van der Waals surface area (Å²) in [5.41, 5.74) is -3.73. The van der Waals surface area contributed by atoms with Crippen LogP contribution in [0.2, 0.25) is 0 Å². The highest BCUT2D eigenvalue weighted by molar-refractivity contribution is 4.93. The molecule has 0 heterocycles. The Labute approximate surface area is 155 Å². The molecule has 0 saturated carbocycles. The summed E-state index contributed by atoms with van der Waals surface area (Å²) in [4.78, 5) is 0. The van der Waals surface area contributed by atoms with Gasteiger partial charge in [-0.3, -0.25) is 0 Å². The van der Waals surface area contributed by atoms with Crippen LogP contribution in [0.15, 0.2) is 10.2 Å². The number of azo groups is 1. The van der Waals surface area contributed by atoms with Gasteiger partial charge in [-0.15, -0.1) is 0 Å². The van der Waals surface area contributed by atoms with Gasteiger partial charge in [0.2, 0.25) is 0 Å². The van der Waals surface area contributed by atoms with E-state index in [-0.39, 0.29) is 13.1 Å². The summed E-state index contributed by atoms with van der Waals surface area (Å²) in [6, 6.07) is 0. The monoisotopic (exact) mass is 380 g/mol. The number of nitrogens with zero attached hydrogens (tertiary/aromatic N) is 2. The number of aliphatic hydroxyl groups is 6. The fraction of sp³-hybridized carbons (Fsp3) is 1.00. The first-order valence-corrected chi connectivity index (χ1v) is 8.58. The molecule has 0 fully saturated rings. The third kappa shape index (κ3) is 7.89. The second-order valence-corrected chi connectivity index (χ2v) is 8.04. The van der Waals surface area contributed by atoms with Crippen LogP contribution in [-0.4, -0.2) is 106 Å². The van der Waals surface area contributed by atoms with Crippen LogP contribution in [0.4, 0.5) is 0 Å². The highest BCUT2D eigenvalue weighted by Crippen LogP contribution is 2.17. The van der Waals surface area contributed by atoms with E-state index in [0.29, 0.717) is 0 Å². The Balaban J connectivity index is 4.87. The molecule has 0 rings (SSSR count). The molecule has 0 bridgehead atoms. The van der Waals surface area contributed by atoms with Gasteiger partial charge in [0.15, 0.2) is 0 Å². The maximum atomic E-state index is 9.34. The second kappa shape index (κ2) is 10.6. The molecule has 0 aromatic carbocycles. The van der Waals surface area contributed by atoms with E-state index in [0.717, 1.165) is 0 Å². The van der Waals surface area contributed by atoms with Gasteiger partial charge in [0.05, 0.1) is 61.8 Å². The molecule has 0 aliphatic rings. The molecule has 10 nitrogen and oxygen atoms in total. The van der Waals surface area contributed by atoms with Crippen molar-refractivity contribution in [2.24, 2.45) is 10.2 Å². The molecular formula is C16H36N4O6. The van der Waals surface area contributed by atoms with Crippen molar-refractivity contribution in [2.75, 3.05) is 52.7 Å². The van der Waals surface area contributed by atoms with Gasteiger partial charge >= 0.3 is 0 Å². The third-order valence-electron chi connectivity index (χ3n) is 4.20. The van der Waals surface area contributed by atoms with Crippen molar-refractivity contribution in [3.05, 3.63) is 0 Å². The molecule has 26 heavy (non-hydrogen) atoms. The number of hydrogen-bond donors (Lipinski definition) is 8. The van der Waals surface area contributed by atoms with E-state index in [1.54, 1.807) is 0 Å². The van der Waals surface area contributed by atoms with E-state index in [2.05, 4.69) is 20.9 Å². The minimum absolute atomic E-state index is 0.259. The van der Waals surface area contributed by atoms with Crippen LogP contribution in [0.3, 0.4) is 0 Å². The largest absolute Gasteiger partial charge is 0.394 e. The molecule has 0 unspecified atom stereocenters. The smallest absolute Gasteiger partial charge is 0.0884 e. The maximum absolute atomic E-state index is 9.34. The van der Waals surface area contributed by atoms with Crippen molar-refractivity contribution < 1.29 is 30.6 Å². The van der Waals surface area contributed by atoms with Gasteiger partial charge in [-0.1, -0.05) is 0 Å². The fourth-order valence-corrected chi connectivity index (χ4v) is 1.78. The first-order chi connectivity index (χ1) is 12.0. The molecule has 156 valence electrons. The molecule has 8 N–H and O–H groups in total. The van der Waals surface area contributed by atoms with Crippen LogP contribution in [0.5, 0.6) is 0 Å². The average Bonchev–Trinajstić information content (AvgIpc) is 2.64. The zero-order valence-corrected chi connectivity index (χ0v) is 16.2. The Morgan fingerprint density at radius 3 is 0.962 bits per heavy atom. The Morgan fingerprint density at radius 2 is 0.769 bits per heavy atom. The van der Waals surface area contributed by atoms with Gasteiger partial charge in [-0.05, 0) is 27.7 Å². The quantitative estimate of drug-likeness (QED) is 0.154. The van der Waals surface area contributed by atoms with E-state index in [1.165, 1.54) is 0 Å². The fourth-order valence-electron chi connectivity index (χ4n) is 1.78. The summed E-state index contributed by atoms with van der Waals surface area (Å²) < 4.78 is 0. The molecule has 10 heteroatoms. The van der Waals surface area contributed by atoms with E-state index < -0.39 is 61.8 Å². The van der Waals surface area contributed by atoms with E-state index in [9.17, 15) is 30.6 Å². The van der Waals surface area contributed by atoms with Gasteiger partial charge in [0.1, 0.15) is 0 Å². The van der Waals surface area contributed by atoms with Crippen LogP contribution in [0.1, 0.15) is 27.7 Å². The second-order valence-electron chi connectivity index (χ2n) is 8.04. The highest BCUT2D eigenvalue weighted by Gasteiger charge is 2.32. The molecular weight excluding hydrogens is 344 g/mol. The van der Waals surface area contributed by atoms with Crippen molar-refractivity contribution in [3.8, 4) is 0 Å².